The maximum Gasteiger partial charge on any atom is 0.275 e. The van der Waals surface area contributed by atoms with E-state index in [4.69, 9.17) is 9.84 Å². The Balaban J connectivity index is 1.65. The highest BCUT2D eigenvalue weighted by atomic mass is 16.5. The zero-order valence-corrected chi connectivity index (χ0v) is 17.9. The van der Waals surface area contributed by atoms with Gasteiger partial charge in [-0.3, -0.25) is 4.79 Å². The van der Waals surface area contributed by atoms with Crippen molar-refractivity contribution in [2.75, 3.05) is 19.1 Å². The minimum absolute atomic E-state index is 0.0952. The maximum absolute atomic E-state index is 13.6. The number of carbonyl (C=O) groups is 1. The Morgan fingerprint density at radius 3 is 2.39 bits per heavy atom. The minimum Gasteiger partial charge on any atom is -0.497 e. The molecule has 0 bridgehead atoms. The summed E-state index contributed by atoms with van der Waals surface area (Å²) in [5.41, 5.74) is 4.64. The number of para-hydroxylation sites is 1. The molecule has 31 heavy (non-hydrogen) atoms. The van der Waals surface area contributed by atoms with Gasteiger partial charge in [0.2, 0.25) is 0 Å². The fourth-order valence-corrected chi connectivity index (χ4v) is 4.96. The Hall–Kier alpha value is -3.60. The number of anilines is 1. The van der Waals surface area contributed by atoms with Crippen molar-refractivity contribution in [2.45, 2.75) is 24.9 Å². The van der Waals surface area contributed by atoms with Gasteiger partial charge in [-0.25, -0.2) is 5.01 Å². The van der Waals surface area contributed by atoms with E-state index in [0.717, 1.165) is 29.1 Å². The van der Waals surface area contributed by atoms with E-state index in [1.807, 2.05) is 67.7 Å². The average Bonchev–Trinajstić information content (AvgIpc) is 3.05. The molecular weight excluding hydrogens is 386 g/mol. The normalized spacial score (nSPS) is 21.9. The van der Waals surface area contributed by atoms with Crippen LogP contribution in [0.5, 0.6) is 5.75 Å². The number of fused-ring (bicyclic) bond motifs is 3. The summed E-state index contributed by atoms with van der Waals surface area (Å²) in [6, 6.07) is 25.7. The summed E-state index contributed by atoms with van der Waals surface area (Å²) in [6.45, 7) is 2.24. The summed E-state index contributed by atoms with van der Waals surface area (Å²) < 4.78 is 5.31. The smallest absolute Gasteiger partial charge is 0.275 e. The predicted octanol–water partition coefficient (Wildman–Crippen LogP) is 4.68. The van der Waals surface area contributed by atoms with Crippen LogP contribution >= 0.6 is 0 Å². The van der Waals surface area contributed by atoms with Gasteiger partial charge in [-0.1, -0.05) is 43.3 Å². The van der Waals surface area contributed by atoms with Crippen molar-refractivity contribution in [3.63, 3.8) is 0 Å². The fourth-order valence-electron chi connectivity index (χ4n) is 4.96. The molecule has 2 aliphatic heterocycles. The molecule has 3 aromatic rings. The van der Waals surface area contributed by atoms with Crippen molar-refractivity contribution >= 4 is 17.3 Å². The molecule has 2 heterocycles. The zero-order chi connectivity index (χ0) is 21.6. The van der Waals surface area contributed by atoms with E-state index in [-0.39, 0.29) is 17.5 Å². The second-order valence-electron chi connectivity index (χ2n) is 8.39. The standard InChI is InChI=1S/C26H25N3O2/c1-26-17-22(18-13-15-20(31-3)16-14-18)27-29(24(30)19-9-5-4-6-10-19)25(26)28(2)23-12-8-7-11-21(23)26/h4-16,25H,17H2,1-3H3/t25-,26-/m1/s1. The lowest BCUT2D eigenvalue weighted by atomic mass is 9.75. The van der Waals surface area contributed by atoms with Crippen LogP contribution in [0, 0.1) is 0 Å². The maximum atomic E-state index is 13.6. The first-order valence-corrected chi connectivity index (χ1v) is 10.5. The molecule has 3 aromatic carbocycles. The lowest BCUT2D eigenvalue weighted by molar-refractivity contribution is 0.0581. The summed E-state index contributed by atoms with van der Waals surface area (Å²) >= 11 is 0. The molecule has 0 saturated heterocycles. The molecule has 5 nitrogen and oxygen atoms in total. The number of benzene rings is 3. The molecule has 2 aliphatic rings. The summed E-state index contributed by atoms with van der Waals surface area (Å²) in [5.74, 6) is 0.703. The molecule has 0 aromatic heterocycles. The number of methoxy groups -OCH3 is 1. The van der Waals surface area contributed by atoms with Crippen LogP contribution in [-0.4, -0.2) is 37.0 Å². The largest absolute Gasteiger partial charge is 0.497 e. The zero-order valence-electron chi connectivity index (χ0n) is 17.9. The summed E-state index contributed by atoms with van der Waals surface area (Å²) in [7, 11) is 3.71. The Bertz CT molecular complexity index is 1160. The van der Waals surface area contributed by atoms with Gasteiger partial charge in [-0.15, -0.1) is 0 Å². The third-order valence-electron chi connectivity index (χ3n) is 6.48. The van der Waals surface area contributed by atoms with E-state index in [1.54, 1.807) is 12.1 Å². The Kier molecular flexibility index (Phi) is 4.54. The van der Waals surface area contributed by atoms with Gasteiger partial charge in [0.05, 0.1) is 12.8 Å². The third kappa shape index (κ3) is 3.00. The third-order valence-corrected chi connectivity index (χ3v) is 6.48. The number of carbonyl (C=O) groups excluding carboxylic acids is 1. The average molecular weight is 412 g/mol. The summed E-state index contributed by atoms with van der Waals surface area (Å²) in [6.07, 6.45) is 0.545. The van der Waals surface area contributed by atoms with Crippen LogP contribution in [-0.2, 0) is 5.41 Å². The van der Waals surface area contributed by atoms with Crippen molar-refractivity contribution < 1.29 is 9.53 Å². The van der Waals surface area contributed by atoms with Gasteiger partial charge in [0, 0.05) is 30.1 Å². The first-order chi connectivity index (χ1) is 15.0. The molecule has 0 spiro atoms. The monoisotopic (exact) mass is 411 g/mol. The molecule has 0 aliphatic carbocycles. The van der Waals surface area contributed by atoms with Crippen LogP contribution in [0.1, 0.15) is 34.8 Å². The van der Waals surface area contributed by atoms with E-state index in [9.17, 15) is 4.79 Å². The summed E-state index contributed by atoms with van der Waals surface area (Å²) in [4.78, 5) is 15.8. The fraction of sp³-hybridized carbons (Fsp3) is 0.231. The van der Waals surface area contributed by atoms with Crippen molar-refractivity contribution in [3.05, 3.63) is 95.6 Å². The van der Waals surface area contributed by atoms with Gasteiger partial charge in [0.15, 0.2) is 0 Å². The Labute approximate surface area is 182 Å². The number of amides is 1. The summed E-state index contributed by atoms with van der Waals surface area (Å²) in [5, 5.41) is 6.60. The van der Waals surface area contributed by atoms with Crippen LogP contribution in [0.15, 0.2) is 84.0 Å². The molecule has 0 fully saturated rings. The van der Waals surface area contributed by atoms with Gasteiger partial charge in [0.25, 0.3) is 5.91 Å². The van der Waals surface area contributed by atoms with Gasteiger partial charge >= 0.3 is 0 Å². The van der Waals surface area contributed by atoms with Gasteiger partial charge < -0.3 is 9.64 Å². The van der Waals surface area contributed by atoms with E-state index in [2.05, 4.69) is 30.0 Å². The number of nitrogens with zero attached hydrogens (tertiary/aromatic N) is 3. The molecule has 5 heteroatoms. The highest BCUT2D eigenvalue weighted by Crippen LogP contribution is 2.50. The number of likely N-dealkylation sites (N-methyl/N-ethyl adjacent to an activating group) is 1. The number of hydrogen-bond acceptors (Lipinski definition) is 4. The number of ether oxygens (including phenoxy) is 1. The van der Waals surface area contributed by atoms with Gasteiger partial charge in [-0.2, -0.15) is 5.10 Å². The van der Waals surface area contributed by atoms with Crippen molar-refractivity contribution in [1.29, 1.82) is 0 Å². The Morgan fingerprint density at radius 1 is 1.00 bits per heavy atom. The molecule has 2 atom stereocenters. The van der Waals surface area contributed by atoms with E-state index in [1.165, 1.54) is 5.56 Å². The molecule has 5 rings (SSSR count). The van der Waals surface area contributed by atoms with Crippen molar-refractivity contribution in [3.8, 4) is 5.75 Å². The lowest BCUT2D eigenvalue weighted by Gasteiger charge is -2.44. The van der Waals surface area contributed by atoms with Gasteiger partial charge in [0.1, 0.15) is 11.9 Å². The van der Waals surface area contributed by atoms with E-state index in [0.29, 0.717) is 5.56 Å². The first-order valence-electron chi connectivity index (χ1n) is 10.5. The highest BCUT2D eigenvalue weighted by Gasteiger charge is 2.53. The minimum atomic E-state index is -0.285. The second kappa shape index (κ2) is 7.27. The molecule has 0 unspecified atom stereocenters. The predicted molar refractivity (Wildman–Crippen MR) is 123 cm³/mol. The molecule has 0 N–H and O–H groups in total. The SMILES string of the molecule is COc1ccc(C2=NN(C(=O)c3ccccc3)[C@H]3N(C)c4ccccc4[C@@]3(C)C2)cc1. The number of hydrogen-bond donors (Lipinski definition) is 0. The Morgan fingerprint density at radius 2 is 1.68 bits per heavy atom. The topological polar surface area (TPSA) is 45.1 Å². The van der Waals surface area contributed by atoms with Crippen LogP contribution in [0.2, 0.25) is 0 Å². The first kappa shape index (κ1) is 19.4. The van der Waals surface area contributed by atoms with Crippen molar-refractivity contribution in [1.82, 2.24) is 5.01 Å². The van der Waals surface area contributed by atoms with Crippen LogP contribution in [0.3, 0.4) is 0 Å². The van der Waals surface area contributed by atoms with E-state index < -0.39 is 0 Å². The molecular formula is C26H25N3O2. The molecule has 156 valence electrons. The van der Waals surface area contributed by atoms with Crippen LogP contribution in [0.4, 0.5) is 5.69 Å². The van der Waals surface area contributed by atoms with Crippen molar-refractivity contribution in [2.24, 2.45) is 5.10 Å². The highest BCUT2D eigenvalue weighted by molar-refractivity contribution is 6.05. The van der Waals surface area contributed by atoms with Crippen LogP contribution < -0.4 is 9.64 Å². The quantitative estimate of drug-likeness (QED) is 0.629. The van der Waals surface area contributed by atoms with E-state index >= 15 is 0 Å². The van der Waals surface area contributed by atoms with Gasteiger partial charge in [-0.05, 0) is 53.6 Å². The second-order valence-corrected chi connectivity index (χ2v) is 8.39. The number of hydrazone groups is 1. The number of rotatable bonds is 3. The van der Waals surface area contributed by atoms with Crippen LogP contribution in [0.25, 0.3) is 0 Å². The lowest BCUT2D eigenvalue weighted by Crippen LogP contribution is -2.57. The molecule has 0 saturated carbocycles. The molecule has 1 amide bonds. The molecule has 0 radical (unpaired) electrons.